The van der Waals surface area contributed by atoms with Gasteiger partial charge in [0.25, 0.3) is 0 Å². The van der Waals surface area contributed by atoms with Crippen LogP contribution in [0.15, 0.2) is 6.20 Å². The van der Waals surface area contributed by atoms with E-state index in [1.165, 1.54) is 12.2 Å². The van der Waals surface area contributed by atoms with E-state index in [4.69, 9.17) is 16.3 Å². The molecule has 1 heterocycles. The normalized spacial score (nSPS) is 12.8. The van der Waals surface area contributed by atoms with E-state index in [0.717, 1.165) is 29.6 Å². The van der Waals surface area contributed by atoms with Gasteiger partial charge in [-0.3, -0.25) is 4.68 Å². The lowest BCUT2D eigenvalue weighted by atomic mass is 10.2. The molecule has 1 rings (SSSR count). The van der Waals surface area contributed by atoms with Crippen LogP contribution < -0.4 is 5.32 Å². The van der Waals surface area contributed by atoms with Gasteiger partial charge in [-0.2, -0.15) is 16.9 Å². The molecule has 0 fully saturated rings. The van der Waals surface area contributed by atoms with Crippen molar-refractivity contribution in [3.63, 3.8) is 0 Å². The average molecular weight is 306 g/mol. The summed E-state index contributed by atoms with van der Waals surface area (Å²) in [7, 11) is 1.70. The fourth-order valence-electron chi connectivity index (χ4n) is 1.90. The van der Waals surface area contributed by atoms with Gasteiger partial charge in [0.1, 0.15) is 0 Å². The Balaban J connectivity index is 2.77. The zero-order valence-electron chi connectivity index (χ0n) is 12.0. The summed E-state index contributed by atoms with van der Waals surface area (Å²) in [5.41, 5.74) is 1.07. The first-order valence-corrected chi connectivity index (χ1v) is 8.29. The topological polar surface area (TPSA) is 39.1 Å². The van der Waals surface area contributed by atoms with Gasteiger partial charge in [-0.15, -0.1) is 0 Å². The lowest BCUT2D eigenvalue weighted by Gasteiger charge is -2.19. The highest BCUT2D eigenvalue weighted by atomic mass is 35.5. The quantitative estimate of drug-likeness (QED) is 0.675. The average Bonchev–Trinajstić information content (AvgIpc) is 2.77. The first kappa shape index (κ1) is 16.8. The van der Waals surface area contributed by atoms with Crippen LogP contribution in [0.4, 0.5) is 0 Å². The molecule has 110 valence electrons. The summed E-state index contributed by atoms with van der Waals surface area (Å²) in [5, 5.41) is 8.57. The molecule has 0 aliphatic rings. The number of methoxy groups -OCH3 is 1. The smallest absolute Gasteiger partial charge is 0.0834 e. The van der Waals surface area contributed by atoms with Crippen LogP contribution in [-0.4, -0.2) is 41.5 Å². The van der Waals surface area contributed by atoms with Crippen molar-refractivity contribution in [1.29, 1.82) is 0 Å². The molecule has 1 atom stereocenters. The molecule has 0 aromatic carbocycles. The van der Waals surface area contributed by atoms with E-state index in [1.807, 2.05) is 16.4 Å². The SMILES string of the molecule is CCCSCC(NCC)c1c(Cl)cnn1CCOC. The Morgan fingerprint density at radius 2 is 2.32 bits per heavy atom. The summed E-state index contributed by atoms with van der Waals surface area (Å²) in [6.07, 6.45) is 2.92. The summed E-state index contributed by atoms with van der Waals surface area (Å²) in [6, 6.07) is 0.244. The zero-order chi connectivity index (χ0) is 14.1. The number of halogens is 1. The van der Waals surface area contributed by atoms with E-state index in [2.05, 4.69) is 24.3 Å². The standard InChI is InChI=1S/C13H24ClN3OS/c1-4-8-19-10-12(15-5-2)13-11(14)9-16-17(13)6-7-18-3/h9,12,15H,4-8,10H2,1-3H3. The van der Waals surface area contributed by atoms with Crippen molar-refractivity contribution in [2.75, 3.05) is 31.8 Å². The maximum atomic E-state index is 6.29. The summed E-state index contributed by atoms with van der Waals surface area (Å²) >= 11 is 8.24. The Kier molecular flexibility index (Phi) is 8.53. The highest BCUT2D eigenvalue weighted by molar-refractivity contribution is 7.99. The number of rotatable bonds is 10. The molecule has 6 heteroatoms. The van der Waals surface area contributed by atoms with Crippen LogP contribution in [0.2, 0.25) is 5.02 Å². The molecule has 0 aliphatic carbocycles. The van der Waals surface area contributed by atoms with Crippen LogP contribution in [-0.2, 0) is 11.3 Å². The number of nitrogens with zero attached hydrogens (tertiary/aromatic N) is 2. The molecule has 1 N–H and O–H groups in total. The molecule has 0 bridgehead atoms. The molecule has 0 saturated carbocycles. The molecule has 4 nitrogen and oxygen atoms in total. The van der Waals surface area contributed by atoms with Gasteiger partial charge in [-0.05, 0) is 18.7 Å². The van der Waals surface area contributed by atoms with Gasteiger partial charge in [-0.25, -0.2) is 0 Å². The van der Waals surface area contributed by atoms with Crippen molar-refractivity contribution in [2.24, 2.45) is 0 Å². The van der Waals surface area contributed by atoms with E-state index < -0.39 is 0 Å². The molecule has 0 aliphatic heterocycles. The van der Waals surface area contributed by atoms with Crippen molar-refractivity contribution >= 4 is 23.4 Å². The summed E-state index contributed by atoms with van der Waals surface area (Å²) < 4.78 is 7.07. The third-order valence-electron chi connectivity index (χ3n) is 2.75. The van der Waals surface area contributed by atoms with Gasteiger partial charge < -0.3 is 10.1 Å². The van der Waals surface area contributed by atoms with E-state index in [0.29, 0.717) is 6.61 Å². The number of aromatic nitrogens is 2. The first-order valence-electron chi connectivity index (χ1n) is 6.75. The summed E-state index contributed by atoms with van der Waals surface area (Å²) in [6.45, 7) is 6.61. The third kappa shape index (κ3) is 5.34. The Labute approximate surface area is 125 Å². The van der Waals surface area contributed by atoms with Crippen molar-refractivity contribution in [2.45, 2.75) is 32.9 Å². The molecule has 0 radical (unpaired) electrons. The second-order valence-electron chi connectivity index (χ2n) is 4.28. The molecule has 1 unspecified atom stereocenters. The highest BCUT2D eigenvalue weighted by Crippen LogP contribution is 2.26. The molecule has 0 saturated heterocycles. The fourth-order valence-corrected chi connectivity index (χ4v) is 3.14. The maximum absolute atomic E-state index is 6.29. The highest BCUT2D eigenvalue weighted by Gasteiger charge is 2.19. The fraction of sp³-hybridized carbons (Fsp3) is 0.769. The van der Waals surface area contributed by atoms with Crippen molar-refractivity contribution in [3.05, 3.63) is 16.9 Å². The number of nitrogens with one attached hydrogen (secondary N) is 1. The van der Waals surface area contributed by atoms with Gasteiger partial charge in [0, 0.05) is 12.9 Å². The zero-order valence-corrected chi connectivity index (χ0v) is 13.6. The Morgan fingerprint density at radius 1 is 1.53 bits per heavy atom. The number of ether oxygens (including phenoxy) is 1. The summed E-state index contributed by atoms with van der Waals surface area (Å²) in [5.74, 6) is 2.19. The van der Waals surface area contributed by atoms with Crippen LogP contribution >= 0.6 is 23.4 Å². The minimum absolute atomic E-state index is 0.244. The van der Waals surface area contributed by atoms with Crippen molar-refractivity contribution < 1.29 is 4.74 Å². The van der Waals surface area contributed by atoms with Crippen LogP contribution in [0, 0.1) is 0 Å². The molecule has 0 spiro atoms. The van der Waals surface area contributed by atoms with Crippen LogP contribution in [0.1, 0.15) is 32.0 Å². The monoisotopic (exact) mass is 305 g/mol. The van der Waals surface area contributed by atoms with E-state index in [-0.39, 0.29) is 6.04 Å². The predicted molar refractivity (Wildman–Crippen MR) is 83.1 cm³/mol. The van der Waals surface area contributed by atoms with Gasteiger partial charge in [0.15, 0.2) is 0 Å². The number of thioether (sulfide) groups is 1. The molecule has 1 aromatic rings. The van der Waals surface area contributed by atoms with E-state index in [9.17, 15) is 0 Å². The van der Waals surface area contributed by atoms with Gasteiger partial charge >= 0.3 is 0 Å². The number of hydrogen-bond donors (Lipinski definition) is 1. The lowest BCUT2D eigenvalue weighted by Crippen LogP contribution is -2.27. The van der Waals surface area contributed by atoms with Gasteiger partial charge in [0.2, 0.25) is 0 Å². The maximum Gasteiger partial charge on any atom is 0.0834 e. The van der Waals surface area contributed by atoms with Gasteiger partial charge in [0.05, 0.1) is 36.1 Å². The molecular formula is C13H24ClN3OS. The predicted octanol–water partition coefficient (Wildman–Crippen LogP) is 2.98. The Hall–Kier alpha value is -0.230. The van der Waals surface area contributed by atoms with Crippen LogP contribution in [0.25, 0.3) is 0 Å². The van der Waals surface area contributed by atoms with Crippen LogP contribution in [0.3, 0.4) is 0 Å². The number of hydrogen-bond acceptors (Lipinski definition) is 4. The van der Waals surface area contributed by atoms with Crippen LogP contribution in [0.5, 0.6) is 0 Å². The van der Waals surface area contributed by atoms with E-state index >= 15 is 0 Å². The van der Waals surface area contributed by atoms with Crippen molar-refractivity contribution in [1.82, 2.24) is 15.1 Å². The molecule has 0 amide bonds. The second-order valence-corrected chi connectivity index (χ2v) is 5.84. The first-order chi connectivity index (χ1) is 9.24. The van der Waals surface area contributed by atoms with Crippen molar-refractivity contribution in [3.8, 4) is 0 Å². The van der Waals surface area contributed by atoms with E-state index in [1.54, 1.807) is 13.3 Å². The molecule has 19 heavy (non-hydrogen) atoms. The molecular weight excluding hydrogens is 282 g/mol. The third-order valence-corrected chi connectivity index (χ3v) is 4.31. The largest absolute Gasteiger partial charge is 0.383 e. The van der Waals surface area contributed by atoms with Gasteiger partial charge in [-0.1, -0.05) is 25.4 Å². The Morgan fingerprint density at radius 3 is 2.95 bits per heavy atom. The molecule has 1 aromatic heterocycles. The lowest BCUT2D eigenvalue weighted by molar-refractivity contribution is 0.182. The minimum Gasteiger partial charge on any atom is -0.383 e. The second kappa shape index (κ2) is 9.64. The minimum atomic E-state index is 0.244. The Bertz CT molecular complexity index is 360. The summed E-state index contributed by atoms with van der Waals surface area (Å²) in [4.78, 5) is 0.